The molecule has 1 fully saturated rings. The minimum absolute atomic E-state index is 0.223. The predicted octanol–water partition coefficient (Wildman–Crippen LogP) is 2.91. The number of nitrogens with two attached hydrogens (primary N) is 1. The summed E-state index contributed by atoms with van der Waals surface area (Å²) in [5.41, 5.74) is 7.12. The van der Waals surface area contributed by atoms with Crippen molar-refractivity contribution in [3.05, 3.63) is 24.5 Å². The Morgan fingerprint density at radius 2 is 1.87 bits per heavy atom. The summed E-state index contributed by atoms with van der Waals surface area (Å²) in [6.45, 7) is 2.39. The van der Waals surface area contributed by atoms with Crippen molar-refractivity contribution in [2.75, 3.05) is 13.9 Å². The van der Waals surface area contributed by atoms with Crippen LogP contribution in [0.5, 0.6) is 17.2 Å². The molecular weight excluding hydrogens is 406 g/mol. The van der Waals surface area contributed by atoms with E-state index in [2.05, 4.69) is 9.55 Å². The highest BCUT2D eigenvalue weighted by Crippen LogP contribution is 2.44. The van der Waals surface area contributed by atoms with E-state index in [9.17, 15) is 0 Å². The molecule has 2 heterocycles. The topological polar surface area (TPSA) is 146 Å². The molecule has 2 aliphatic rings. The van der Waals surface area contributed by atoms with Gasteiger partial charge in [0, 0.05) is 43.9 Å². The van der Waals surface area contributed by atoms with Gasteiger partial charge in [-0.3, -0.25) is 9.59 Å². The second-order valence-electron chi connectivity index (χ2n) is 7.19. The van der Waals surface area contributed by atoms with E-state index in [1.165, 1.54) is 0 Å². The average molecular weight is 435 g/mol. The van der Waals surface area contributed by atoms with Gasteiger partial charge in [-0.05, 0) is 37.8 Å². The summed E-state index contributed by atoms with van der Waals surface area (Å²) in [7, 11) is 1.63. The normalized spacial score (nSPS) is 18.7. The monoisotopic (exact) mass is 435 g/mol. The lowest BCUT2D eigenvalue weighted by Gasteiger charge is -2.28. The van der Waals surface area contributed by atoms with Crippen molar-refractivity contribution >= 4 is 11.9 Å². The molecule has 170 valence electrons. The first-order valence-electron chi connectivity index (χ1n) is 9.88. The summed E-state index contributed by atoms with van der Waals surface area (Å²) in [4.78, 5) is 22.6. The zero-order valence-corrected chi connectivity index (χ0v) is 17.9. The van der Waals surface area contributed by atoms with Crippen LogP contribution in [-0.4, -0.2) is 51.6 Å². The number of carboxylic acid groups (broad SMARTS) is 2. The minimum atomic E-state index is -0.833. The number of aromatic nitrogens is 2. The summed E-state index contributed by atoms with van der Waals surface area (Å²) >= 11 is 0. The Hall–Kier alpha value is -3.27. The van der Waals surface area contributed by atoms with Gasteiger partial charge < -0.3 is 34.7 Å². The van der Waals surface area contributed by atoms with Crippen LogP contribution in [0.1, 0.15) is 45.6 Å². The number of carboxylic acids is 2. The Kier molecular flexibility index (Phi) is 8.68. The zero-order valence-electron chi connectivity index (χ0n) is 17.9. The second kappa shape index (κ2) is 11.2. The lowest BCUT2D eigenvalue weighted by molar-refractivity contribution is -0.135. The zero-order chi connectivity index (χ0) is 23.0. The first kappa shape index (κ1) is 24.0. The van der Waals surface area contributed by atoms with E-state index in [-0.39, 0.29) is 12.8 Å². The molecule has 0 amide bonds. The van der Waals surface area contributed by atoms with Crippen LogP contribution in [0.25, 0.3) is 11.4 Å². The molecule has 2 atom stereocenters. The number of imidazole rings is 1. The van der Waals surface area contributed by atoms with Crippen molar-refractivity contribution in [2.24, 2.45) is 5.73 Å². The molecule has 0 radical (unpaired) electrons. The number of hydrogen-bond acceptors (Lipinski definition) is 7. The SMILES string of the molecule is CC(=O)O.CC(=O)O.COc1cc(-c2nccn2[C@@H]2CCC[C@@H](N)C2)cc2c1OCO2. The van der Waals surface area contributed by atoms with Gasteiger partial charge in [-0.15, -0.1) is 0 Å². The number of methoxy groups -OCH3 is 1. The number of carbonyl (C=O) groups is 2. The number of fused-ring (bicyclic) bond motifs is 1. The molecule has 1 aromatic heterocycles. The largest absolute Gasteiger partial charge is 0.493 e. The summed E-state index contributed by atoms with van der Waals surface area (Å²) in [6.07, 6.45) is 8.28. The van der Waals surface area contributed by atoms with Crippen molar-refractivity contribution in [3.8, 4) is 28.6 Å². The van der Waals surface area contributed by atoms with Crippen LogP contribution in [0.3, 0.4) is 0 Å². The summed E-state index contributed by atoms with van der Waals surface area (Å²) in [5, 5.41) is 14.8. The highest BCUT2D eigenvalue weighted by atomic mass is 16.7. The van der Waals surface area contributed by atoms with Gasteiger partial charge in [0.15, 0.2) is 11.5 Å². The smallest absolute Gasteiger partial charge is 0.300 e. The van der Waals surface area contributed by atoms with Crippen LogP contribution < -0.4 is 19.9 Å². The Bertz CT molecular complexity index is 877. The average Bonchev–Trinajstić information content (AvgIpc) is 3.35. The third-order valence-electron chi connectivity index (χ3n) is 4.67. The molecular formula is C21H29N3O7. The van der Waals surface area contributed by atoms with Crippen LogP contribution >= 0.6 is 0 Å². The first-order chi connectivity index (χ1) is 14.7. The Balaban J connectivity index is 0.000000370. The molecule has 0 bridgehead atoms. The quantitative estimate of drug-likeness (QED) is 0.662. The molecule has 4 N–H and O–H groups in total. The minimum Gasteiger partial charge on any atom is -0.493 e. The highest BCUT2D eigenvalue weighted by molar-refractivity contribution is 5.67. The number of ether oxygens (including phenoxy) is 3. The van der Waals surface area contributed by atoms with Crippen molar-refractivity contribution in [1.29, 1.82) is 0 Å². The van der Waals surface area contributed by atoms with Gasteiger partial charge in [0.25, 0.3) is 11.9 Å². The van der Waals surface area contributed by atoms with Crippen molar-refractivity contribution < 1.29 is 34.0 Å². The third-order valence-corrected chi connectivity index (χ3v) is 4.67. The van der Waals surface area contributed by atoms with Gasteiger partial charge in [-0.25, -0.2) is 4.98 Å². The molecule has 0 saturated heterocycles. The van der Waals surface area contributed by atoms with Gasteiger partial charge in [0.2, 0.25) is 12.5 Å². The maximum absolute atomic E-state index is 9.00. The van der Waals surface area contributed by atoms with E-state index >= 15 is 0 Å². The molecule has 2 aromatic rings. The predicted molar refractivity (Wildman–Crippen MR) is 112 cm³/mol. The number of benzene rings is 1. The molecule has 1 aliphatic heterocycles. The van der Waals surface area contributed by atoms with E-state index in [1.54, 1.807) is 7.11 Å². The summed E-state index contributed by atoms with van der Waals surface area (Å²) < 4.78 is 18.7. The van der Waals surface area contributed by atoms with Crippen molar-refractivity contribution in [2.45, 2.75) is 51.6 Å². The summed E-state index contributed by atoms with van der Waals surface area (Å²) in [6, 6.07) is 4.59. The second-order valence-corrected chi connectivity index (χ2v) is 7.19. The van der Waals surface area contributed by atoms with Gasteiger partial charge >= 0.3 is 0 Å². The number of nitrogens with zero attached hydrogens (tertiary/aromatic N) is 2. The van der Waals surface area contributed by atoms with E-state index in [4.69, 9.17) is 39.7 Å². The molecule has 10 heteroatoms. The van der Waals surface area contributed by atoms with Crippen molar-refractivity contribution in [1.82, 2.24) is 9.55 Å². The van der Waals surface area contributed by atoms with E-state index < -0.39 is 11.9 Å². The van der Waals surface area contributed by atoms with Crippen LogP contribution in [0.4, 0.5) is 0 Å². The maximum atomic E-state index is 9.00. The lowest BCUT2D eigenvalue weighted by atomic mass is 9.91. The third kappa shape index (κ3) is 6.88. The maximum Gasteiger partial charge on any atom is 0.300 e. The van der Waals surface area contributed by atoms with Crippen LogP contribution in [0.15, 0.2) is 24.5 Å². The van der Waals surface area contributed by atoms with Crippen molar-refractivity contribution in [3.63, 3.8) is 0 Å². The van der Waals surface area contributed by atoms with Gasteiger partial charge in [-0.1, -0.05) is 0 Å². The van der Waals surface area contributed by atoms with Gasteiger partial charge in [0.05, 0.1) is 7.11 Å². The first-order valence-corrected chi connectivity index (χ1v) is 9.88. The van der Waals surface area contributed by atoms with Gasteiger partial charge in [0.1, 0.15) is 5.82 Å². The molecule has 4 rings (SSSR count). The Labute approximate surface area is 180 Å². The Morgan fingerprint density at radius 3 is 2.48 bits per heavy atom. The molecule has 31 heavy (non-hydrogen) atoms. The number of hydrogen-bond donors (Lipinski definition) is 3. The van der Waals surface area contributed by atoms with Crippen LogP contribution in [0.2, 0.25) is 0 Å². The number of aliphatic carboxylic acids is 2. The fourth-order valence-corrected chi connectivity index (χ4v) is 3.54. The summed E-state index contributed by atoms with van der Waals surface area (Å²) in [5.74, 6) is 1.29. The Morgan fingerprint density at radius 1 is 1.19 bits per heavy atom. The van der Waals surface area contributed by atoms with Crippen LogP contribution in [0, 0.1) is 0 Å². The van der Waals surface area contributed by atoms with E-state index in [0.29, 0.717) is 23.3 Å². The molecule has 1 saturated carbocycles. The molecule has 10 nitrogen and oxygen atoms in total. The highest BCUT2D eigenvalue weighted by Gasteiger charge is 2.25. The van der Waals surface area contributed by atoms with E-state index in [1.807, 2.05) is 24.5 Å². The molecule has 0 spiro atoms. The fourth-order valence-electron chi connectivity index (χ4n) is 3.54. The van der Waals surface area contributed by atoms with Gasteiger partial charge in [-0.2, -0.15) is 0 Å². The molecule has 1 aromatic carbocycles. The molecule has 0 unspecified atom stereocenters. The standard InChI is InChI=1S/C17H21N3O3.2C2H4O2/c1-21-14-7-11(8-15-16(14)23-10-22-15)17-19-5-6-20(17)13-4-2-3-12(18)9-13;2*1-2(3)4/h5-8,12-13H,2-4,9-10,18H2,1H3;2*1H3,(H,3,4)/t12-,13-;;/m1../s1. The lowest BCUT2D eigenvalue weighted by Crippen LogP contribution is -2.29. The van der Waals surface area contributed by atoms with Crippen LogP contribution in [-0.2, 0) is 9.59 Å². The fraction of sp³-hybridized carbons (Fsp3) is 0.476. The van der Waals surface area contributed by atoms with E-state index in [0.717, 1.165) is 50.9 Å². The number of rotatable bonds is 3. The molecule has 1 aliphatic carbocycles.